The summed E-state index contributed by atoms with van der Waals surface area (Å²) in [6, 6.07) is 6.22. The van der Waals surface area contributed by atoms with Crippen molar-refractivity contribution in [2.45, 2.75) is 52.0 Å². The van der Waals surface area contributed by atoms with Crippen LogP contribution in [0.2, 0.25) is 0 Å². The summed E-state index contributed by atoms with van der Waals surface area (Å²) in [5, 5.41) is 9.65. The molecule has 0 N–H and O–H groups in total. The summed E-state index contributed by atoms with van der Waals surface area (Å²) in [5.74, 6) is -0.972. The Labute approximate surface area is 109 Å². The highest BCUT2D eigenvalue weighted by molar-refractivity contribution is 5.70. The van der Waals surface area contributed by atoms with Crippen molar-refractivity contribution < 1.29 is 14.5 Å². The summed E-state index contributed by atoms with van der Waals surface area (Å²) in [4.78, 5) is 9.65. The van der Waals surface area contributed by atoms with Crippen molar-refractivity contribution in [3.8, 4) is 0 Å². The Morgan fingerprint density at radius 3 is 2.28 bits per heavy atom. The van der Waals surface area contributed by atoms with Crippen LogP contribution in [0.1, 0.15) is 45.4 Å². The van der Waals surface area contributed by atoms with Crippen molar-refractivity contribution in [1.29, 1.82) is 0 Å². The SMILES string of the molecule is CCCCCC[n+]1ccccc1.O=C([O-])C1CC1. The molecule has 1 saturated carbocycles. The van der Waals surface area contributed by atoms with Gasteiger partial charge >= 0.3 is 0 Å². The zero-order chi connectivity index (χ0) is 13.2. The average molecular weight is 249 g/mol. The van der Waals surface area contributed by atoms with Crippen LogP contribution in [0.4, 0.5) is 0 Å². The second-order valence-corrected chi connectivity index (χ2v) is 4.77. The lowest BCUT2D eigenvalue weighted by molar-refractivity contribution is -0.697. The highest BCUT2D eigenvalue weighted by Gasteiger charge is 2.21. The molecule has 0 spiro atoms. The number of nitrogens with zero attached hydrogens (tertiary/aromatic N) is 1. The fraction of sp³-hybridized carbons (Fsp3) is 0.600. The molecule has 0 radical (unpaired) electrons. The van der Waals surface area contributed by atoms with Gasteiger partial charge in [-0.05, 0) is 25.2 Å². The molecule has 1 aliphatic rings. The summed E-state index contributed by atoms with van der Waals surface area (Å²) in [6.07, 6.45) is 11.3. The molecule has 1 fully saturated rings. The number of hydrogen-bond acceptors (Lipinski definition) is 2. The first kappa shape index (κ1) is 14.7. The van der Waals surface area contributed by atoms with Gasteiger partial charge in [-0.25, -0.2) is 4.57 Å². The lowest BCUT2D eigenvalue weighted by Crippen LogP contribution is -2.32. The van der Waals surface area contributed by atoms with Gasteiger partial charge in [0.05, 0.1) is 0 Å². The van der Waals surface area contributed by atoms with Gasteiger partial charge in [0.25, 0.3) is 0 Å². The summed E-state index contributed by atoms with van der Waals surface area (Å²) in [7, 11) is 0. The molecule has 18 heavy (non-hydrogen) atoms. The maximum atomic E-state index is 9.65. The van der Waals surface area contributed by atoms with Crippen LogP contribution in [-0.4, -0.2) is 5.97 Å². The minimum Gasteiger partial charge on any atom is -0.550 e. The van der Waals surface area contributed by atoms with Crippen molar-refractivity contribution >= 4 is 5.97 Å². The van der Waals surface area contributed by atoms with Crippen LogP contribution in [0.15, 0.2) is 30.6 Å². The molecule has 1 aromatic rings. The molecule has 1 heterocycles. The average Bonchev–Trinajstić information content (AvgIpc) is 3.21. The Balaban J connectivity index is 0.000000225. The number of carbonyl (C=O) groups is 1. The van der Waals surface area contributed by atoms with Crippen LogP contribution < -0.4 is 9.67 Å². The second kappa shape index (κ2) is 8.67. The maximum Gasteiger partial charge on any atom is 0.168 e. The Hall–Kier alpha value is -1.38. The predicted octanol–water partition coefficient (Wildman–Crippen LogP) is 1.70. The fourth-order valence-electron chi connectivity index (χ4n) is 1.62. The lowest BCUT2D eigenvalue weighted by Gasteiger charge is -1.95. The maximum absolute atomic E-state index is 9.65. The van der Waals surface area contributed by atoms with Crippen LogP contribution in [-0.2, 0) is 11.3 Å². The van der Waals surface area contributed by atoms with Gasteiger partial charge in [0.2, 0.25) is 0 Å². The number of hydrogen-bond donors (Lipinski definition) is 0. The largest absolute Gasteiger partial charge is 0.550 e. The highest BCUT2D eigenvalue weighted by atomic mass is 16.4. The van der Waals surface area contributed by atoms with Crippen molar-refractivity contribution in [2.75, 3.05) is 0 Å². The fourth-order valence-corrected chi connectivity index (χ4v) is 1.62. The molecule has 3 heteroatoms. The predicted molar refractivity (Wildman–Crippen MR) is 68.5 cm³/mol. The van der Waals surface area contributed by atoms with Gasteiger partial charge in [0.15, 0.2) is 12.4 Å². The molecule has 100 valence electrons. The minimum absolute atomic E-state index is 0.0926. The Bertz CT molecular complexity index is 334. The zero-order valence-corrected chi connectivity index (χ0v) is 11.2. The third-order valence-corrected chi connectivity index (χ3v) is 2.96. The zero-order valence-electron chi connectivity index (χ0n) is 11.2. The van der Waals surface area contributed by atoms with Crippen LogP contribution in [0.5, 0.6) is 0 Å². The van der Waals surface area contributed by atoms with E-state index in [9.17, 15) is 9.90 Å². The van der Waals surface area contributed by atoms with E-state index in [2.05, 4.69) is 42.1 Å². The van der Waals surface area contributed by atoms with Crippen molar-refractivity contribution in [3.63, 3.8) is 0 Å². The van der Waals surface area contributed by atoms with E-state index < -0.39 is 5.97 Å². The number of unbranched alkanes of at least 4 members (excludes halogenated alkanes) is 3. The van der Waals surface area contributed by atoms with Crippen molar-refractivity contribution in [2.24, 2.45) is 5.92 Å². The van der Waals surface area contributed by atoms with E-state index in [1.165, 1.54) is 32.2 Å². The van der Waals surface area contributed by atoms with E-state index in [1.807, 2.05) is 0 Å². The smallest absolute Gasteiger partial charge is 0.168 e. The van der Waals surface area contributed by atoms with E-state index in [1.54, 1.807) is 0 Å². The molecule has 0 unspecified atom stereocenters. The van der Waals surface area contributed by atoms with Gasteiger partial charge in [-0.1, -0.05) is 25.8 Å². The van der Waals surface area contributed by atoms with Gasteiger partial charge < -0.3 is 9.90 Å². The molecule has 2 rings (SSSR count). The monoisotopic (exact) mass is 249 g/mol. The molecular formula is C15H23NO2. The first-order valence-corrected chi connectivity index (χ1v) is 6.89. The normalized spacial score (nSPS) is 13.6. The molecule has 0 bridgehead atoms. The molecule has 1 aliphatic carbocycles. The number of rotatable bonds is 6. The van der Waals surface area contributed by atoms with Crippen LogP contribution >= 0.6 is 0 Å². The van der Waals surface area contributed by atoms with Gasteiger partial charge in [-0.15, -0.1) is 0 Å². The summed E-state index contributed by atoms with van der Waals surface area (Å²) < 4.78 is 2.25. The van der Waals surface area contributed by atoms with Crippen molar-refractivity contribution in [1.82, 2.24) is 0 Å². The van der Waals surface area contributed by atoms with Gasteiger partial charge in [-0.2, -0.15) is 0 Å². The van der Waals surface area contributed by atoms with E-state index in [-0.39, 0.29) is 5.92 Å². The number of carbonyl (C=O) groups excluding carboxylic acids is 1. The van der Waals surface area contributed by atoms with Crippen molar-refractivity contribution in [3.05, 3.63) is 30.6 Å². The molecule has 1 aromatic heterocycles. The molecule has 0 saturated heterocycles. The first-order valence-electron chi connectivity index (χ1n) is 6.89. The van der Waals surface area contributed by atoms with Gasteiger partial charge in [-0.3, -0.25) is 0 Å². The molecule has 0 amide bonds. The Morgan fingerprint density at radius 1 is 1.17 bits per heavy atom. The van der Waals surface area contributed by atoms with E-state index in [4.69, 9.17) is 0 Å². The standard InChI is InChI=1S/C11H18N.C4H6O2/c1-2-3-4-6-9-12-10-7-5-8-11-12;5-4(6)3-1-2-3/h5,7-8,10-11H,2-4,6,9H2,1H3;3H,1-2H2,(H,5,6)/q+1;/p-1. The Kier molecular flexibility index (Phi) is 7.07. The number of carboxylic acid groups (broad SMARTS) is 1. The summed E-state index contributed by atoms with van der Waals surface area (Å²) in [6.45, 7) is 3.41. The quantitative estimate of drug-likeness (QED) is 0.569. The number of carboxylic acids is 1. The number of pyridine rings is 1. The second-order valence-electron chi connectivity index (χ2n) is 4.77. The van der Waals surface area contributed by atoms with E-state index >= 15 is 0 Å². The number of aliphatic carboxylic acids is 1. The van der Waals surface area contributed by atoms with Crippen LogP contribution in [0.3, 0.4) is 0 Å². The Morgan fingerprint density at radius 2 is 1.83 bits per heavy atom. The van der Waals surface area contributed by atoms with Crippen LogP contribution in [0.25, 0.3) is 0 Å². The van der Waals surface area contributed by atoms with Crippen LogP contribution in [0, 0.1) is 5.92 Å². The molecule has 3 nitrogen and oxygen atoms in total. The topological polar surface area (TPSA) is 44.0 Å². The number of aromatic nitrogens is 1. The molecular weight excluding hydrogens is 226 g/mol. The molecule has 0 aliphatic heterocycles. The summed E-state index contributed by atoms with van der Waals surface area (Å²) in [5.41, 5.74) is 0. The number of aryl methyl sites for hydroxylation is 1. The van der Waals surface area contributed by atoms with E-state index in [0.29, 0.717) is 0 Å². The van der Waals surface area contributed by atoms with Gasteiger partial charge in [0.1, 0.15) is 6.54 Å². The first-order chi connectivity index (χ1) is 8.74. The summed E-state index contributed by atoms with van der Waals surface area (Å²) >= 11 is 0. The van der Waals surface area contributed by atoms with E-state index in [0.717, 1.165) is 12.8 Å². The minimum atomic E-state index is -0.880. The highest BCUT2D eigenvalue weighted by Crippen LogP contribution is 2.27. The lowest BCUT2D eigenvalue weighted by atomic mass is 10.2. The molecule has 0 atom stereocenters. The molecule has 0 aromatic carbocycles. The van der Waals surface area contributed by atoms with Gasteiger partial charge in [0, 0.05) is 24.5 Å². The third kappa shape index (κ3) is 7.05. The third-order valence-electron chi connectivity index (χ3n) is 2.96.